The molecule has 1 amide bonds. The number of halogens is 1. The van der Waals surface area contributed by atoms with Crippen LogP contribution in [0.2, 0.25) is 0 Å². The number of benzene rings is 1. The third-order valence-electron chi connectivity index (χ3n) is 4.01. The van der Waals surface area contributed by atoms with Crippen LogP contribution in [0.1, 0.15) is 31.6 Å². The van der Waals surface area contributed by atoms with Gasteiger partial charge >= 0.3 is 0 Å². The molecule has 0 bridgehead atoms. The van der Waals surface area contributed by atoms with Gasteiger partial charge in [0, 0.05) is 28.4 Å². The van der Waals surface area contributed by atoms with Crippen molar-refractivity contribution in [3.05, 3.63) is 41.0 Å². The Balaban J connectivity index is 1.53. The number of carbonyl (C=O) groups excluding carboxylic acids is 1. The van der Waals surface area contributed by atoms with Crippen LogP contribution in [0, 0.1) is 0 Å². The highest BCUT2D eigenvalue weighted by atomic mass is 79.9. The zero-order valence-corrected chi connectivity index (χ0v) is 15.2. The van der Waals surface area contributed by atoms with Gasteiger partial charge < -0.3 is 9.32 Å². The lowest BCUT2D eigenvalue weighted by Crippen LogP contribution is -2.41. The fourth-order valence-corrected chi connectivity index (χ4v) is 3.95. The number of carbonyl (C=O) groups is 1. The Hall–Kier alpha value is -1.34. The Kier molecular flexibility index (Phi) is 5.38. The van der Waals surface area contributed by atoms with Crippen molar-refractivity contribution in [3.8, 4) is 0 Å². The topological polar surface area (TPSA) is 59.2 Å². The predicted molar refractivity (Wildman–Crippen MR) is 92.3 cm³/mol. The van der Waals surface area contributed by atoms with Crippen molar-refractivity contribution in [2.45, 2.75) is 35.8 Å². The maximum Gasteiger partial charge on any atom is 0.235 e. The summed E-state index contributed by atoms with van der Waals surface area (Å²) in [6.45, 7) is 3.47. The summed E-state index contributed by atoms with van der Waals surface area (Å²) in [5.74, 6) is 1.16. The predicted octanol–water partition coefficient (Wildman–Crippen LogP) is 3.72. The van der Waals surface area contributed by atoms with Crippen molar-refractivity contribution in [2.75, 3.05) is 13.1 Å². The molecular formula is C16H18BrN3O2S. The molecule has 0 radical (unpaired) electrons. The van der Waals surface area contributed by atoms with Gasteiger partial charge in [0.1, 0.15) is 0 Å². The third-order valence-corrected chi connectivity index (χ3v) is 5.64. The zero-order valence-electron chi connectivity index (χ0n) is 12.8. The molecule has 122 valence electrons. The molecule has 1 aromatic carbocycles. The second kappa shape index (κ2) is 7.49. The summed E-state index contributed by atoms with van der Waals surface area (Å²) < 4.78 is 6.32. The number of piperidine rings is 1. The van der Waals surface area contributed by atoms with Crippen molar-refractivity contribution < 1.29 is 9.21 Å². The monoisotopic (exact) mass is 395 g/mol. The summed E-state index contributed by atoms with van der Waals surface area (Å²) >= 11 is 5.02. The number of amides is 1. The summed E-state index contributed by atoms with van der Waals surface area (Å²) in [5, 5.41) is 7.62. The van der Waals surface area contributed by atoms with Crippen LogP contribution < -0.4 is 0 Å². The van der Waals surface area contributed by atoms with Gasteiger partial charge in [-0.2, -0.15) is 0 Å². The van der Waals surface area contributed by atoms with Crippen molar-refractivity contribution in [3.63, 3.8) is 0 Å². The first-order valence-electron chi connectivity index (χ1n) is 7.60. The Morgan fingerprint density at radius 1 is 1.35 bits per heavy atom. The van der Waals surface area contributed by atoms with E-state index in [9.17, 15) is 4.79 Å². The molecule has 0 saturated carbocycles. The minimum Gasteiger partial charge on any atom is -0.428 e. The van der Waals surface area contributed by atoms with Crippen LogP contribution in [0.4, 0.5) is 0 Å². The Labute approximate surface area is 148 Å². The molecule has 1 aliphatic heterocycles. The van der Waals surface area contributed by atoms with Crippen molar-refractivity contribution in [1.29, 1.82) is 0 Å². The largest absolute Gasteiger partial charge is 0.428 e. The van der Waals surface area contributed by atoms with Gasteiger partial charge in [0.2, 0.25) is 18.2 Å². The molecule has 0 N–H and O–H groups in total. The van der Waals surface area contributed by atoms with Gasteiger partial charge in [-0.3, -0.25) is 4.79 Å². The average molecular weight is 396 g/mol. The lowest BCUT2D eigenvalue weighted by molar-refractivity contribution is -0.131. The summed E-state index contributed by atoms with van der Waals surface area (Å²) in [6, 6.07) is 8.05. The molecule has 0 aliphatic carbocycles. The molecule has 1 aromatic heterocycles. The minimum atomic E-state index is -0.0869. The van der Waals surface area contributed by atoms with E-state index in [2.05, 4.69) is 26.1 Å². The lowest BCUT2D eigenvalue weighted by Gasteiger charge is -2.32. The second-order valence-corrected chi connectivity index (χ2v) is 7.92. The van der Waals surface area contributed by atoms with Gasteiger partial charge in [-0.05, 0) is 44.0 Å². The molecule has 1 atom stereocenters. The molecule has 5 nitrogen and oxygen atoms in total. The van der Waals surface area contributed by atoms with Crippen LogP contribution in [0.3, 0.4) is 0 Å². The smallest absolute Gasteiger partial charge is 0.235 e. The molecule has 1 fully saturated rings. The molecule has 7 heteroatoms. The number of aromatic nitrogens is 2. The SMILES string of the molecule is C[C@H](Sc1ccc(Br)cc1)C(=O)N1CCC(c2nnco2)CC1. The molecule has 0 unspecified atom stereocenters. The normalized spacial score (nSPS) is 17.2. The van der Waals surface area contributed by atoms with E-state index in [-0.39, 0.29) is 17.1 Å². The number of hydrogen-bond donors (Lipinski definition) is 0. The van der Waals surface area contributed by atoms with E-state index in [4.69, 9.17) is 4.42 Å². The van der Waals surface area contributed by atoms with E-state index in [0.29, 0.717) is 5.89 Å². The molecular weight excluding hydrogens is 378 g/mol. The number of hydrogen-bond acceptors (Lipinski definition) is 5. The number of thioether (sulfide) groups is 1. The fraction of sp³-hybridized carbons (Fsp3) is 0.438. The first-order chi connectivity index (χ1) is 11.1. The van der Waals surface area contributed by atoms with Crippen LogP contribution in [0.15, 0.2) is 44.4 Å². The Morgan fingerprint density at radius 2 is 2.04 bits per heavy atom. The highest BCUT2D eigenvalue weighted by Gasteiger charge is 2.29. The van der Waals surface area contributed by atoms with E-state index in [0.717, 1.165) is 35.3 Å². The molecule has 23 heavy (non-hydrogen) atoms. The van der Waals surface area contributed by atoms with Crippen molar-refractivity contribution >= 4 is 33.6 Å². The second-order valence-electron chi connectivity index (χ2n) is 5.59. The molecule has 0 spiro atoms. The van der Waals surface area contributed by atoms with E-state index >= 15 is 0 Å². The molecule has 3 rings (SSSR count). The Bertz CT molecular complexity index is 640. The average Bonchev–Trinajstić information content (AvgIpc) is 3.11. The van der Waals surface area contributed by atoms with Crippen LogP contribution in [0.5, 0.6) is 0 Å². The summed E-state index contributed by atoms with van der Waals surface area (Å²) in [6.07, 6.45) is 3.12. The van der Waals surface area contributed by atoms with Gasteiger partial charge in [0.25, 0.3) is 0 Å². The van der Waals surface area contributed by atoms with E-state index in [1.54, 1.807) is 11.8 Å². The molecule has 2 heterocycles. The quantitative estimate of drug-likeness (QED) is 0.738. The van der Waals surface area contributed by atoms with Gasteiger partial charge in [-0.15, -0.1) is 22.0 Å². The summed E-state index contributed by atoms with van der Waals surface area (Å²) in [4.78, 5) is 15.7. The maximum absolute atomic E-state index is 12.6. The molecule has 2 aromatic rings. The van der Waals surface area contributed by atoms with Gasteiger partial charge in [0.05, 0.1) is 5.25 Å². The Morgan fingerprint density at radius 3 is 2.65 bits per heavy atom. The third kappa shape index (κ3) is 4.14. The zero-order chi connectivity index (χ0) is 16.2. The van der Waals surface area contributed by atoms with Crippen LogP contribution in [0.25, 0.3) is 0 Å². The van der Waals surface area contributed by atoms with E-state index < -0.39 is 0 Å². The first kappa shape index (κ1) is 16.5. The highest BCUT2D eigenvalue weighted by Crippen LogP contribution is 2.30. The van der Waals surface area contributed by atoms with E-state index in [1.165, 1.54) is 6.39 Å². The standard InChI is InChI=1S/C16H18BrN3O2S/c1-11(23-14-4-2-13(17)3-5-14)16(21)20-8-6-12(7-9-20)15-19-18-10-22-15/h2-5,10-12H,6-9H2,1H3/t11-/m0/s1. The van der Waals surface area contributed by atoms with Crippen LogP contribution >= 0.6 is 27.7 Å². The maximum atomic E-state index is 12.6. The number of nitrogens with zero attached hydrogens (tertiary/aromatic N) is 3. The first-order valence-corrected chi connectivity index (χ1v) is 9.28. The van der Waals surface area contributed by atoms with E-state index in [1.807, 2.05) is 36.1 Å². The van der Waals surface area contributed by atoms with Crippen LogP contribution in [-0.2, 0) is 4.79 Å². The van der Waals surface area contributed by atoms with Crippen LogP contribution in [-0.4, -0.2) is 39.3 Å². The van der Waals surface area contributed by atoms with Gasteiger partial charge in [0.15, 0.2) is 0 Å². The molecule has 1 saturated heterocycles. The minimum absolute atomic E-state index is 0.0869. The van der Waals surface area contributed by atoms with Gasteiger partial charge in [-0.25, -0.2) is 0 Å². The number of likely N-dealkylation sites (tertiary alicyclic amines) is 1. The highest BCUT2D eigenvalue weighted by molar-refractivity contribution is 9.10. The van der Waals surface area contributed by atoms with Crippen molar-refractivity contribution in [1.82, 2.24) is 15.1 Å². The van der Waals surface area contributed by atoms with Crippen molar-refractivity contribution in [2.24, 2.45) is 0 Å². The molecule has 1 aliphatic rings. The summed E-state index contributed by atoms with van der Waals surface area (Å²) in [7, 11) is 0. The lowest BCUT2D eigenvalue weighted by atomic mass is 9.96. The summed E-state index contributed by atoms with van der Waals surface area (Å²) in [5.41, 5.74) is 0. The van der Waals surface area contributed by atoms with Gasteiger partial charge in [-0.1, -0.05) is 15.9 Å². The fourth-order valence-electron chi connectivity index (χ4n) is 2.73. The number of rotatable bonds is 4.